The highest BCUT2D eigenvalue weighted by Gasteiger charge is 2.25. The van der Waals surface area contributed by atoms with Crippen LogP contribution in [0.15, 0.2) is 54.7 Å². The molecular formula is C23H24ClN3O2. The second-order valence-electron chi connectivity index (χ2n) is 7.23. The summed E-state index contributed by atoms with van der Waals surface area (Å²) in [6.45, 7) is 3.49. The van der Waals surface area contributed by atoms with Gasteiger partial charge in [-0.2, -0.15) is 0 Å². The van der Waals surface area contributed by atoms with Crippen molar-refractivity contribution in [3.8, 4) is 5.75 Å². The number of hydrogen-bond acceptors (Lipinski definition) is 3. The zero-order valence-electron chi connectivity index (χ0n) is 16.5. The molecule has 1 aromatic heterocycles. The molecule has 2 aromatic carbocycles. The number of carbonyl (C=O) groups excluding carboxylic acids is 1. The number of H-pyrrole nitrogens is 1. The number of aromatic amines is 1. The molecular weight excluding hydrogens is 386 g/mol. The maximum atomic E-state index is 12.8. The topological polar surface area (TPSA) is 57.4 Å². The van der Waals surface area contributed by atoms with Crippen molar-refractivity contribution < 1.29 is 9.53 Å². The van der Waals surface area contributed by atoms with E-state index in [9.17, 15) is 4.79 Å². The number of carbonyl (C=O) groups is 1. The lowest BCUT2D eigenvalue weighted by Crippen LogP contribution is -2.44. The third kappa shape index (κ3) is 4.02. The maximum Gasteiger partial charge on any atom is 0.241 e. The van der Waals surface area contributed by atoms with E-state index in [0.717, 1.165) is 25.0 Å². The average molecular weight is 410 g/mol. The van der Waals surface area contributed by atoms with Crippen LogP contribution in [0.25, 0.3) is 16.5 Å². The standard InChI is InChI=1S/C23H24ClN3O2/c1-15(23(28)26-21-13-17(24)7-8-22(21)29-2)27-11-9-16(10-12-27)19-14-25-20-6-4-3-5-18(19)20/h3-9,13-15,25H,10-12H2,1-2H3,(H,26,28)/t15-/m1/s1. The van der Waals surface area contributed by atoms with Gasteiger partial charge in [-0.3, -0.25) is 9.69 Å². The molecule has 0 bridgehead atoms. The van der Waals surface area contributed by atoms with Crippen LogP contribution in [0.5, 0.6) is 5.75 Å². The molecule has 3 aromatic rings. The Morgan fingerprint density at radius 1 is 1.28 bits per heavy atom. The van der Waals surface area contributed by atoms with Gasteiger partial charge in [0.2, 0.25) is 5.91 Å². The summed E-state index contributed by atoms with van der Waals surface area (Å²) in [5.41, 5.74) is 4.31. The van der Waals surface area contributed by atoms with E-state index in [-0.39, 0.29) is 11.9 Å². The van der Waals surface area contributed by atoms with Crippen LogP contribution in [0.2, 0.25) is 5.02 Å². The van der Waals surface area contributed by atoms with Crippen LogP contribution in [0.1, 0.15) is 18.9 Å². The Labute approximate surface area is 175 Å². The van der Waals surface area contributed by atoms with Gasteiger partial charge < -0.3 is 15.0 Å². The number of methoxy groups -OCH3 is 1. The SMILES string of the molecule is COc1ccc(Cl)cc1NC(=O)[C@@H](C)N1CC=C(c2c[nH]c3ccccc23)CC1. The monoisotopic (exact) mass is 409 g/mol. The largest absolute Gasteiger partial charge is 0.495 e. The molecule has 1 amide bonds. The molecule has 1 aliphatic rings. The summed E-state index contributed by atoms with van der Waals surface area (Å²) >= 11 is 6.06. The van der Waals surface area contributed by atoms with E-state index in [0.29, 0.717) is 16.5 Å². The number of hydrogen-bond donors (Lipinski definition) is 2. The fraction of sp³-hybridized carbons (Fsp3) is 0.261. The summed E-state index contributed by atoms with van der Waals surface area (Å²) in [5.74, 6) is 0.518. The summed E-state index contributed by atoms with van der Waals surface area (Å²) in [6.07, 6.45) is 5.20. The van der Waals surface area contributed by atoms with Gasteiger partial charge in [-0.1, -0.05) is 35.9 Å². The summed E-state index contributed by atoms with van der Waals surface area (Å²) in [4.78, 5) is 18.3. The van der Waals surface area contributed by atoms with Crippen molar-refractivity contribution >= 4 is 39.7 Å². The van der Waals surface area contributed by atoms with Crippen molar-refractivity contribution in [2.75, 3.05) is 25.5 Å². The number of benzene rings is 2. The number of rotatable bonds is 5. The maximum absolute atomic E-state index is 12.8. The number of para-hydroxylation sites is 1. The molecule has 29 heavy (non-hydrogen) atoms. The summed E-state index contributed by atoms with van der Waals surface area (Å²) in [5, 5.41) is 4.74. The van der Waals surface area contributed by atoms with E-state index < -0.39 is 0 Å². The van der Waals surface area contributed by atoms with Gasteiger partial charge >= 0.3 is 0 Å². The number of halogens is 1. The molecule has 5 nitrogen and oxygen atoms in total. The predicted molar refractivity (Wildman–Crippen MR) is 119 cm³/mol. The molecule has 0 unspecified atom stereocenters. The highest BCUT2D eigenvalue weighted by atomic mass is 35.5. The minimum atomic E-state index is -0.264. The van der Waals surface area contributed by atoms with Crippen LogP contribution in [0.4, 0.5) is 5.69 Å². The first kappa shape index (κ1) is 19.6. The fourth-order valence-electron chi connectivity index (χ4n) is 3.80. The molecule has 0 saturated carbocycles. The molecule has 2 heterocycles. The molecule has 1 atom stereocenters. The van der Waals surface area contributed by atoms with E-state index in [4.69, 9.17) is 16.3 Å². The lowest BCUT2D eigenvalue weighted by atomic mass is 9.98. The molecule has 0 spiro atoms. The smallest absolute Gasteiger partial charge is 0.241 e. The van der Waals surface area contributed by atoms with Crippen molar-refractivity contribution in [3.63, 3.8) is 0 Å². The van der Waals surface area contributed by atoms with Crippen LogP contribution < -0.4 is 10.1 Å². The number of fused-ring (bicyclic) bond motifs is 1. The number of anilines is 1. The minimum Gasteiger partial charge on any atom is -0.495 e. The van der Waals surface area contributed by atoms with E-state index in [1.165, 1.54) is 16.5 Å². The zero-order valence-corrected chi connectivity index (χ0v) is 17.3. The van der Waals surface area contributed by atoms with Gasteiger partial charge in [0.1, 0.15) is 5.75 Å². The molecule has 0 radical (unpaired) electrons. The number of aromatic nitrogens is 1. The van der Waals surface area contributed by atoms with Gasteiger partial charge in [0.25, 0.3) is 0 Å². The van der Waals surface area contributed by atoms with Gasteiger partial charge in [-0.05, 0) is 43.2 Å². The highest BCUT2D eigenvalue weighted by molar-refractivity contribution is 6.31. The Morgan fingerprint density at radius 3 is 2.86 bits per heavy atom. The van der Waals surface area contributed by atoms with Gasteiger partial charge in [0.15, 0.2) is 0 Å². The first-order chi connectivity index (χ1) is 14.1. The second kappa shape index (κ2) is 8.31. The molecule has 150 valence electrons. The Balaban J connectivity index is 1.45. The summed E-state index contributed by atoms with van der Waals surface area (Å²) < 4.78 is 5.32. The molecule has 0 fully saturated rings. The molecule has 4 rings (SSSR count). The first-order valence-corrected chi connectivity index (χ1v) is 10.1. The molecule has 0 aliphatic carbocycles. The van der Waals surface area contributed by atoms with Crippen molar-refractivity contribution in [2.45, 2.75) is 19.4 Å². The minimum absolute atomic E-state index is 0.0745. The molecule has 6 heteroatoms. The second-order valence-corrected chi connectivity index (χ2v) is 7.67. The number of ether oxygens (including phenoxy) is 1. The quantitative estimate of drug-likeness (QED) is 0.627. The van der Waals surface area contributed by atoms with Crippen LogP contribution in [-0.2, 0) is 4.79 Å². The average Bonchev–Trinajstić information content (AvgIpc) is 3.17. The van der Waals surface area contributed by atoms with Gasteiger partial charge in [0, 0.05) is 40.8 Å². The van der Waals surface area contributed by atoms with Gasteiger partial charge in [0.05, 0.1) is 18.8 Å². The predicted octanol–water partition coefficient (Wildman–Crippen LogP) is 4.95. The Bertz CT molecular complexity index is 1070. The lowest BCUT2D eigenvalue weighted by Gasteiger charge is -2.31. The van der Waals surface area contributed by atoms with Crippen molar-refractivity contribution in [1.82, 2.24) is 9.88 Å². The van der Waals surface area contributed by atoms with Crippen LogP contribution in [0, 0.1) is 0 Å². The van der Waals surface area contributed by atoms with E-state index in [1.54, 1.807) is 25.3 Å². The number of nitrogens with zero attached hydrogens (tertiary/aromatic N) is 1. The first-order valence-electron chi connectivity index (χ1n) is 9.71. The van der Waals surface area contributed by atoms with Crippen molar-refractivity contribution in [1.29, 1.82) is 0 Å². The van der Waals surface area contributed by atoms with Crippen molar-refractivity contribution in [2.24, 2.45) is 0 Å². The van der Waals surface area contributed by atoms with E-state index in [1.807, 2.05) is 13.0 Å². The van der Waals surface area contributed by atoms with Crippen LogP contribution in [0.3, 0.4) is 0 Å². The molecule has 0 saturated heterocycles. The molecule has 2 N–H and O–H groups in total. The van der Waals surface area contributed by atoms with Crippen LogP contribution >= 0.6 is 11.6 Å². The normalized spacial score (nSPS) is 15.8. The van der Waals surface area contributed by atoms with Gasteiger partial charge in [-0.25, -0.2) is 0 Å². The zero-order chi connectivity index (χ0) is 20.4. The van der Waals surface area contributed by atoms with E-state index in [2.05, 4.69) is 45.7 Å². The van der Waals surface area contributed by atoms with Crippen molar-refractivity contribution in [3.05, 3.63) is 65.3 Å². The number of nitrogens with one attached hydrogen (secondary N) is 2. The number of amides is 1. The Morgan fingerprint density at radius 2 is 2.10 bits per heavy atom. The highest BCUT2D eigenvalue weighted by Crippen LogP contribution is 2.30. The van der Waals surface area contributed by atoms with Crippen LogP contribution in [-0.4, -0.2) is 42.0 Å². The molecule has 1 aliphatic heterocycles. The van der Waals surface area contributed by atoms with Gasteiger partial charge in [-0.15, -0.1) is 0 Å². The third-order valence-electron chi connectivity index (χ3n) is 5.52. The third-order valence-corrected chi connectivity index (χ3v) is 5.76. The summed E-state index contributed by atoms with van der Waals surface area (Å²) in [7, 11) is 1.57. The Hall–Kier alpha value is -2.76. The fourth-order valence-corrected chi connectivity index (χ4v) is 3.97. The summed E-state index contributed by atoms with van der Waals surface area (Å²) in [6, 6.07) is 13.3. The van der Waals surface area contributed by atoms with E-state index >= 15 is 0 Å². The lowest BCUT2D eigenvalue weighted by molar-refractivity contribution is -0.120. The Kier molecular flexibility index (Phi) is 5.60.